The molecule has 3 aromatic rings. The summed E-state index contributed by atoms with van der Waals surface area (Å²) in [4.78, 5) is 16.4. The van der Waals surface area contributed by atoms with Gasteiger partial charge >= 0.3 is 0 Å². The van der Waals surface area contributed by atoms with Crippen molar-refractivity contribution in [2.75, 3.05) is 6.54 Å². The van der Waals surface area contributed by atoms with Crippen molar-refractivity contribution in [3.63, 3.8) is 0 Å². The fraction of sp³-hybridized carbons (Fsp3) is 0.348. The average Bonchev–Trinajstić information content (AvgIpc) is 3.19. The molecule has 2 aromatic heterocycles. The van der Waals surface area contributed by atoms with Crippen LogP contribution in [0.2, 0.25) is 5.02 Å². The normalized spacial score (nSPS) is 17.1. The van der Waals surface area contributed by atoms with Gasteiger partial charge in [-0.1, -0.05) is 36.7 Å². The molecule has 0 unspecified atom stereocenters. The molecule has 4 rings (SSSR count). The summed E-state index contributed by atoms with van der Waals surface area (Å²) in [6.07, 6.45) is 7.96. The molecule has 1 saturated heterocycles. The Morgan fingerprint density at radius 1 is 1.04 bits per heavy atom. The molecule has 0 saturated carbocycles. The van der Waals surface area contributed by atoms with Gasteiger partial charge in [0.15, 0.2) is 0 Å². The monoisotopic (exact) mass is 392 g/mol. The molecule has 0 amide bonds. The van der Waals surface area contributed by atoms with Crippen molar-refractivity contribution in [2.45, 2.75) is 45.2 Å². The molecule has 28 heavy (non-hydrogen) atoms. The van der Waals surface area contributed by atoms with E-state index >= 15 is 0 Å². The summed E-state index contributed by atoms with van der Waals surface area (Å²) < 4.78 is 0. The summed E-state index contributed by atoms with van der Waals surface area (Å²) >= 11 is 6.00. The highest BCUT2D eigenvalue weighted by atomic mass is 35.5. The molecule has 1 aliphatic rings. The fourth-order valence-electron chi connectivity index (χ4n) is 3.82. The maximum atomic E-state index is 6.00. The Morgan fingerprint density at radius 2 is 1.82 bits per heavy atom. The zero-order valence-electron chi connectivity index (χ0n) is 16.2. The summed E-state index contributed by atoms with van der Waals surface area (Å²) in [5.41, 5.74) is 4.66. The highest BCUT2D eigenvalue weighted by molar-refractivity contribution is 6.30. The van der Waals surface area contributed by atoms with Crippen LogP contribution < -0.4 is 0 Å². The van der Waals surface area contributed by atoms with E-state index in [9.17, 15) is 0 Å². The molecule has 0 bridgehead atoms. The third kappa shape index (κ3) is 4.57. The van der Waals surface area contributed by atoms with Crippen molar-refractivity contribution in [3.05, 3.63) is 88.2 Å². The molecule has 144 valence electrons. The summed E-state index contributed by atoms with van der Waals surface area (Å²) in [6, 6.07) is 14.8. The minimum absolute atomic E-state index is 0.357. The minimum atomic E-state index is 0.357. The van der Waals surface area contributed by atoms with E-state index in [0.717, 1.165) is 54.6 Å². The van der Waals surface area contributed by atoms with E-state index in [1.54, 1.807) is 0 Å². The van der Waals surface area contributed by atoms with Crippen LogP contribution in [-0.2, 0) is 19.4 Å². The van der Waals surface area contributed by atoms with Crippen molar-refractivity contribution >= 4 is 11.6 Å². The van der Waals surface area contributed by atoms with Gasteiger partial charge in [-0.3, -0.25) is 9.88 Å². The maximum Gasteiger partial charge on any atom is 0.127 e. The predicted molar refractivity (Wildman–Crippen MR) is 112 cm³/mol. The van der Waals surface area contributed by atoms with Crippen LogP contribution in [0.3, 0.4) is 0 Å². The summed E-state index contributed by atoms with van der Waals surface area (Å²) in [7, 11) is 0. The van der Waals surface area contributed by atoms with Gasteiger partial charge in [-0.25, -0.2) is 9.97 Å². The van der Waals surface area contributed by atoms with Gasteiger partial charge in [0.1, 0.15) is 5.82 Å². The lowest BCUT2D eigenvalue weighted by molar-refractivity contribution is 0.243. The highest BCUT2D eigenvalue weighted by Crippen LogP contribution is 2.32. The van der Waals surface area contributed by atoms with E-state index < -0.39 is 0 Å². The predicted octanol–water partition coefficient (Wildman–Crippen LogP) is 5.02. The molecule has 1 fully saturated rings. The third-order valence-corrected chi connectivity index (χ3v) is 5.54. The Balaban J connectivity index is 1.48. The number of benzene rings is 1. The van der Waals surface area contributed by atoms with Gasteiger partial charge in [-0.2, -0.15) is 0 Å². The molecular formula is C23H25ClN4. The lowest BCUT2D eigenvalue weighted by atomic mass is 10.1. The van der Waals surface area contributed by atoms with Crippen LogP contribution in [0, 0.1) is 0 Å². The summed E-state index contributed by atoms with van der Waals surface area (Å²) in [6.45, 7) is 4.04. The Labute approximate surface area is 171 Å². The van der Waals surface area contributed by atoms with Crippen LogP contribution in [0.15, 0.2) is 54.9 Å². The van der Waals surface area contributed by atoms with E-state index in [1.165, 1.54) is 17.5 Å². The molecule has 0 spiro atoms. The summed E-state index contributed by atoms with van der Waals surface area (Å²) in [5, 5.41) is 0.767. The number of halogens is 1. The number of aromatic nitrogens is 3. The van der Waals surface area contributed by atoms with Gasteiger partial charge in [-0.15, -0.1) is 0 Å². The number of likely N-dealkylation sites (tertiary alicyclic amines) is 1. The van der Waals surface area contributed by atoms with Crippen LogP contribution >= 0.6 is 11.6 Å². The Kier molecular flexibility index (Phi) is 5.98. The molecule has 0 aliphatic carbocycles. The van der Waals surface area contributed by atoms with Gasteiger partial charge in [0.25, 0.3) is 0 Å². The third-order valence-electron chi connectivity index (χ3n) is 5.29. The lowest BCUT2D eigenvalue weighted by Crippen LogP contribution is -2.24. The quantitative estimate of drug-likeness (QED) is 0.591. The largest absolute Gasteiger partial charge is 0.290 e. The number of hydrogen-bond acceptors (Lipinski definition) is 4. The van der Waals surface area contributed by atoms with E-state index in [4.69, 9.17) is 16.6 Å². The molecule has 1 aromatic carbocycles. The molecule has 5 heteroatoms. The van der Waals surface area contributed by atoms with Gasteiger partial charge in [-0.05, 0) is 49.2 Å². The minimum Gasteiger partial charge on any atom is -0.290 e. The first-order valence-corrected chi connectivity index (χ1v) is 10.3. The highest BCUT2D eigenvalue weighted by Gasteiger charge is 2.27. The molecule has 0 N–H and O–H groups in total. The van der Waals surface area contributed by atoms with Gasteiger partial charge in [0.05, 0.1) is 11.7 Å². The second kappa shape index (κ2) is 8.80. The van der Waals surface area contributed by atoms with E-state index in [1.807, 2.05) is 24.5 Å². The topological polar surface area (TPSA) is 41.9 Å². The van der Waals surface area contributed by atoms with Crippen LogP contribution in [0.1, 0.15) is 54.1 Å². The maximum absolute atomic E-state index is 6.00. The Bertz CT molecular complexity index is 909. The molecule has 0 radical (unpaired) electrons. The lowest BCUT2D eigenvalue weighted by Gasteiger charge is -2.24. The van der Waals surface area contributed by atoms with Crippen molar-refractivity contribution in [2.24, 2.45) is 0 Å². The van der Waals surface area contributed by atoms with Crippen LogP contribution in [0.5, 0.6) is 0 Å². The number of pyridine rings is 1. The SMILES string of the molecule is CCc1ncc(CN2CCC[C@@H]2c2cccc(Cc3ccc(Cl)cc3)n2)cn1. The summed E-state index contributed by atoms with van der Waals surface area (Å²) in [5.74, 6) is 0.901. The van der Waals surface area contributed by atoms with Gasteiger partial charge in [0.2, 0.25) is 0 Å². The van der Waals surface area contributed by atoms with Crippen molar-refractivity contribution < 1.29 is 0 Å². The molecule has 3 heterocycles. The van der Waals surface area contributed by atoms with E-state index in [-0.39, 0.29) is 0 Å². The second-order valence-corrected chi connectivity index (χ2v) is 7.78. The van der Waals surface area contributed by atoms with Gasteiger partial charge < -0.3 is 0 Å². The van der Waals surface area contributed by atoms with Crippen LogP contribution in [0.25, 0.3) is 0 Å². The number of rotatable bonds is 6. The number of hydrogen-bond donors (Lipinski definition) is 0. The zero-order valence-corrected chi connectivity index (χ0v) is 16.9. The van der Waals surface area contributed by atoms with Crippen molar-refractivity contribution in [1.82, 2.24) is 19.9 Å². The van der Waals surface area contributed by atoms with Crippen LogP contribution in [-0.4, -0.2) is 26.4 Å². The second-order valence-electron chi connectivity index (χ2n) is 7.35. The Morgan fingerprint density at radius 3 is 2.57 bits per heavy atom. The standard InChI is InChI=1S/C23H25ClN4/c1-2-23-25-14-18(15-26-23)16-28-12-4-7-22(28)21-6-3-5-20(27-21)13-17-8-10-19(24)11-9-17/h3,5-6,8-11,14-15,22H,2,4,7,12-13,16H2,1H3/t22-/m1/s1. The number of nitrogens with zero attached hydrogens (tertiary/aromatic N) is 4. The Hall–Kier alpha value is -2.30. The molecule has 4 nitrogen and oxygen atoms in total. The van der Waals surface area contributed by atoms with Gasteiger partial charge in [0, 0.05) is 48.1 Å². The molecule has 1 atom stereocenters. The van der Waals surface area contributed by atoms with Crippen LogP contribution in [0.4, 0.5) is 0 Å². The first-order chi connectivity index (χ1) is 13.7. The van der Waals surface area contributed by atoms with Crippen molar-refractivity contribution in [1.29, 1.82) is 0 Å². The zero-order chi connectivity index (χ0) is 19.3. The first-order valence-electron chi connectivity index (χ1n) is 9.95. The fourth-order valence-corrected chi connectivity index (χ4v) is 3.95. The smallest absolute Gasteiger partial charge is 0.127 e. The average molecular weight is 393 g/mol. The first kappa shape index (κ1) is 19.0. The van der Waals surface area contributed by atoms with E-state index in [0.29, 0.717) is 6.04 Å². The molecular weight excluding hydrogens is 368 g/mol. The van der Waals surface area contributed by atoms with E-state index in [2.05, 4.69) is 52.1 Å². The van der Waals surface area contributed by atoms with Crippen molar-refractivity contribution in [3.8, 4) is 0 Å². The molecule has 1 aliphatic heterocycles. The number of aryl methyl sites for hydroxylation is 1.